The van der Waals surface area contributed by atoms with Crippen LogP contribution in [-0.2, 0) is 0 Å². The van der Waals surface area contributed by atoms with Crippen LogP contribution in [0.1, 0.15) is 0 Å². The van der Waals surface area contributed by atoms with Crippen LogP contribution >= 0.6 is 23.2 Å². The molecular formula is C10H6Cl2N2O. The molecule has 1 aromatic carbocycles. The Hall–Kier alpha value is -1.32. The first-order valence-electron chi connectivity index (χ1n) is 4.14. The predicted octanol–water partition coefficient (Wildman–Crippen LogP) is 3.16. The van der Waals surface area contributed by atoms with Gasteiger partial charge in [-0.2, -0.15) is 0 Å². The van der Waals surface area contributed by atoms with Gasteiger partial charge in [-0.1, -0.05) is 23.2 Å². The fraction of sp³-hybridized carbons (Fsp3) is 0. The van der Waals surface area contributed by atoms with Crippen molar-refractivity contribution < 1.29 is 5.11 Å². The third kappa shape index (κ3) is 2.19. The van der Waals surface area contributed by atoms with Crippen LogP contribution in [0, 0.1) is 0 Å². The number of halogens is 2. The summed E-state index contributed by atoms with van der Waals surface area (Å²) in [6.07, 6.45) is 1.52. The molecule has 0 saturated heterocycles. The average molecular weight is 241 g/mol. The maximum Gasteiger partial charge on any atom is 0.164 e. The van der Waals surface area contributed by atoms with Gasteiger partial charge in [0, 0.05) is 11.2 Å². The number of aromatic hydroxyl groups is 1. The lowest BCUT2D eigenvalue weighted by atomic mass is 10.2. The fourth-order valence-electron chi connectivity index (χ4n) is 1.15. The van der Waals surface area contributed by atoms with E-state index in [1.807, 2.05) is 0 Å². The molecule has 76 valence electrons. The number of nitrogens with zero attached hydrogens (tertiary/aromatic N) is 2. The molecule has 0 saturated carbocycles. The smallest absolute Gasteiger partial charge is 0.164 e. The molecule has 3 nitrogen and oxygen atoms in total. The van der Waals surface area contributed by atoms with Crippen LogP contribution in [0.15, 0.2) is 30.5 Å². The van der Waals surface area contributed by atoms with Crippen LogP contribution < -0.4 is 0 Å². The number of phenolic OH excluding ortho intramolecular Hbond substituents is 1. The Labute approximate surface area is 96.3 Å². The maximum atomic E-state index is 9.60. The Balaban J connectivity index is 2.58. The highest BCUT2D eigenvalue weighted by molar-refractivity contribution is 6.31. The molecule has 0 fully saturated rings. The van der Waals surface area contributed by atoms with Gasteiger partial charge in [-0.3, -0.25) is 0 Å². The molecule has 5 heteroatoms. The number of hydrogen-bond donors (Lipinski definition) is 1. The number of hydrogen-bond acceptors (Lipinski definition) is 3. The Kier molecular flexibility index (Phi) is 2.75. The molecule has 0 atom stereocenters. The fourth-order valence-corrected chi connectivity index (χ4v) is 1.46. The number of phenols is 1. The van der Waals surface area contributed by atoms with Crippen LogP contribution in [0.4, 0.5) is 0 Å². The molecule has 2 rings (SSSR count). The SMILES string of the molecule is Oc1ccc(Cl)cc1-c1nccc(Cl)n1. The van der Waals surface area contributed by atoms with E-state index in [-0.39, 0.29) is 5.75 Å². The van der Waals surface area contributed by atoms with Crippen LogP contribution in [0.25, 0.3) is 11.4 Å². The zero-order chi connectivity index (χ0) is 10.8. The molecule has 0 amide bonds. The summed E-state index contributed by atoms with van der Waals surface area (Å²) < 4.78 is 0. The standard InChI is InChI=1S/C10H6Cl2N2O/c11-6-1-2-8(15)7(5-6)10-13-4-3-9(12)14-10/h1-5,15H. The minimum atomic E-state index is 0.0710. The second kappa shape index (κ2) is 4.04. The highest BCUT2D eigenvalue weighted by Crippen LogP contribution is 2.29. The number of rotatable bonds is 1. The predicted molar refractivity (Wildman–Crippen MR) is 59.2 cm³/mol. The van der Waals surface area contributed by atoms with Gasteiger partial charge in [-0.15, -0.1) is 0 Å². The summed E-state index contributed by atoms with van der Waals surface area (Å²) in [5, 5.41) is 10.4. The van der Waals surface area contributed by atoms with Crippen molar-refractivity contribution in [1.82, 2.24) is 9.97 Å². The van der Waals surface area contributed by atoms with Crippen molar-refractivity contribution in [3.8, 4) is 17.1 Å². The van der Waals surface area contributed by atoms with Crippen molar-refractivity contribution in [3.63, 3.8) is 0 Å². The van der Waals surface area contributed by atoms with Crippen LogP contribution in [0.5, 0.6) is 5.75 Å². The number of aromatic nitrogens is 2. The van der Waals surface area contributed by atoms with Gasteiger partial charge in [0.05, 0.1) is 5.56 Å². The van der Waals surface area contributed by atoms with E-state index in [0.29, 0.717) is 21.6 Å². The van der Waals surface area contributed by atoms with E-state index in [4.69, 9.17) is 23.2 Å². The van der Waals surface area contributed by atoms with E-state index >= 15 is 0 Å². The van der Waals surface area contributed by atoms with Crippen LogP contribution in [0.3, 0.4) is 0 Å². The lowest BCUT2D eigenvalue weighted by Crippen LogP contribution is -1.88. The van der Waals surface area contributed by atoms with Crippen molar-refractivity contribution >= 4 is 23.2 Å². The zero-order valence-electron chi connectivity index (χ0n) is 7.48. The maximum absolute atomic E-state index is 9.60. The van der Waals surface area contributed by atoms with Crippen molar-refractivity contribution in [2.24, 2.45) is 0 Å². The van der Waals surface area contributed by atoms with E-state index in [1.54, 1.807) is 18.2 Å². The quantitative estimate of drug-likeness (QED) is 0.780. The molecular weight excluding hydrogens is 235 g/mol. The van der Waals surface area contributed by atoms with E-state index in [1.165, 1.54) is 12.3 Å². The monoisotopic (exact) mass is 240 g/mol. The Bertz CT molecular complexity index is 503. The largest absolute Gasteiger partial charge is 0.507 e. The van der Waals surface area contributed by atoms with Gasteiger partial charge in [-0.25, -0.2) is 9.97 Å². The van der Waals surface area contributed by atoms with Crippen molar-refractivity contribution in [2.75, 3.05) is 0 Å². The first-order chi connectivity index (χ1) is 7.16. The summed E-state index contributed by atoms with van der Waals surface area (Å²) in [6, 6.07) is 6.22. The summed E-state index contributed by atoms with van der Waals surface area (Å²) in [4.78, 5) is 7.98. The van der Waals surface area contributed by atoms with Gasteiger partial charge in [0.2, 0.25) is 0 Å². The van der Waals surface area contributed by atoms with Gasteiger partial charge >= 0.3 is 0 Å². The molecule has 15 heavy (non-hydrogen) atoms. The van der Waals surface area contributed by atoms with Crippen molar-refractivity contribution in [2.45, 2.75) is 0 Å². The van der Waals surface area contributed by atoms with E-state index < -0.39 is 0 Å². The lowest BCUT2D eigenvalue weighted by Gasteiger charge is -2.03. The van der Waals surface area contributed by atoms with Gasteiger partial charge in [0.1, 0.15) is 10.9 Å². The summed E-state index contributed by atoms with van der Waals surface area (Å²) in [7, 11) is 0. The van der Waals surface area contributed by atoms with Crippen LogP contribution in [-0.4, -0.2) is 15.1 Å². The van der Waals surface area contributed by atoms with E-state index in [0.717, 1.165) is 0 Å². The van der Waals surface area contributed by atoms with E-state index in [9.17, 15) is 5.11 Å². The second-order valence-corrected chi connectivity index (χ2v) is 3.69. The topological polar surface area (TPSA) is 46.0 Å². The minimum absolute atomic E-state index is 0.0710. The first kappa shape index (κ1) is 10.2. The molecule has 0 aliphatic heterocycles. The zero-order valence-corrected chi connectivity index (χ0v) is 9.00. The minimum Gasteiger partial charge on any atom is -0.507 e. The number of benzene rings is 1. The molecule has 0 radical (unpaired) electrons. The Morgan fingerprint density at radius 3 is 2.67 bits per heavy atom. The Morgan fingerprint density at radius 1 is 1.13 bits per heavy atom. The Morgan fingerprint density at radius 2 is 1.93 bits per heavy atom. The summed E-state index contributed by atoms with van der Waals surface area (Å²) >= 11 is 11.5. The molecule has 0 bridgehead atoms. The van der Waals surface area contributed by atoms with Gasteiger partial charge in [0.15, 0.2) is 5.82 Å². The third-order valence-corrected chi connectivity index (χ3v) is 2.27. The molecule has 0 aliphatic carbocycles. The van der Waals surface area contributed by atoms with Crippen molar-refractivity contribution in [1.29, 1.82) is 0 Å². The highest BCUT2D eigenvalue weighted by atomic mass is 35.5. The highest BCUT2D eigenvalue weighted by Gasteiger charge is 2.08. The molecule has 0 unspecified atom stereocenters. The van der Waals surface area contributed by atoms with Gasteiger partial charge in [-0.05, 0) is 24.3 Å². The molecule has 0 spiro atoms. The molecule has 1 N–H and O–H groups in total. The molecule has 0 aliphatic rings. The summed E-state index contributed by atoms with van der Waals surface area (Å²) in [5.74, 6) is 0.421. The molecule has 1 heterocycles. The molecule has 2 aromatic rings. The third-order valence-electron chi connectivity index (χ3n) is 1.82. The summed E-state index contributed by atoms with van der Waals surface area (Å²) in [5.41, 5.74) is 0.463. The van der Waals surface area contributed by atoms with Crippen LogP contribution in [0.2, 0.25) is 10.2 Å². The van der Waals surface area contributed by atoms with Gasteiger partial charge < -0.3 is 5.11 Å². The first-order valence-corrected chi connectivity index (χ1v) is 4.90. The average Bonchev–Trinajstić information content (AvgIpc) is 2.22. The van der Waals surface area contributed by atoms with Crippen molar-refractivity contribution in [3.05, 3.63) is 40.6 Å². The van der Waals surface area contributed by atoms with Gasteiger partial charge in [0.25, 0.3) is 0 Å². The molecule has 1 aromatic heterocycles. The summed E-state index contributed by atoms with van der Waals surface area (Å²) in [6.45, 7) is 0. The lowest BCUT2D eigenvalue weighted by molar-refractivity contribution is 0.477. The van der Waals surface area contributed by atoms with E-state index in [2.05, 4.69) is 9.97 Å². The normalized spacial score (nSPS) is 10.3. The second-order valence-electron chi connectivity index (χ2n) is 2.86.